The van der Waals surface area contributed by atoms with Crippen molar-refractivity contribution in [1.82, 2.24) is 0 Å². The van der Waals surface area contributed by atoms with E-state index in [1.54, 1.807) is 13.8 Å². The summed E-state index contributed by atoms with van der Waals surface area (Å²) >= 11 is 0. The summed E-state index contributed by atoms with van der Waals surface area (Å²) in [5.41, 5.74) is -1.37. The lowest BCUT2D eigenvalue weighted by molar-refractivity contribution is -0.143. The molecule has 0 saturated carbocycles. The maximum atomic E-state index is 12.4. The lowest BCUT2D eigenvalue weighted by atomic mass is 9.90. The summed E-state index contributed by atoms with van der Waals surface area (Å²) in [6, 6.07) is 0. The molecule has 0 saturated heterocycles. The number of ether oxygens (including phenoxy) is 3. The molecule has 3 unspecified atom stereocenters. The molecule has 2 bridgehead atoms. The molecule has 144 valence electrons. The number of carbonyl (C=O) groups is 3. The van der Waals surface area contributed by atoms with Crippen LogP contribution in [0.1, 0.15) is 20.3 Å². The van der Waals surface area contributed by atoms with Crippen LogP contribution in [0.5, 0.6) is 0 Å². The Morgan fingerprint density at radius 1 is 1.41 bits per heavy atom. The van der Waals surface area contributed by atoms with Crippen LogP contribution in [0.2, 0.25) is 0 Å². The monoisotopic (exact) mass is 376 g/mol. The maximum absolute atomic E-state index is 12.4. The summed E-state index contributed by atoms with van der Waals surface area (Å²) in [7, 11) is 0. The van der Waals surface area contributed by atoms with Crippen LogP contribution < -0.4 is 0 Å². The molecule has 0 radical (unpaired) electrons. The molecule has 0 aromatic carbocycles. The van der Waals surface area contributed by atoms with Gasteiger partial charge < -0.3 is 24.4 Å². The van der Waals surface area contributed by atoms with Crippen molar-refractivity contribution in [3.05, 3.63) is 47.0 Å². The third-order valence-corrected chi connectivity index (χ3v) is 4.80. The van der Waals surface area contributed by atoms with Crippen molar-refractivity contribution in [2.45, 2.75) is 32.0 Å². The van der Waals surface area contributed by atoms with Gasteiger partial charge in [-0.2, -0.15) is 0 Å². The van der Waals surface area contributed by atoms with Gasteiger partial charge in [0.25, 0.3) is 0 Å². The van der Waals surface area contributed by atoms with Gasteiger partial charge in [-0.3, -0.25) is 4.79 Å². The van der Waals surface area contributed by atoms with Gasteiger partial charge in [0, 0.05) is 23.6 Å². The largest absolute Gasteiger partial charge is 0.479 e. The van der Waals surface area contributed by atoms with Crippen molar-refractivity contribution in [2.75, 3.05) is 13.2 Å². The van der Waals surface area contributed by atoms with Crippen LogP contribution in [0.3, 0.4) is 0 Å². The summed E-state index contributed by atoms with van der Waals surface area (Å²) in [6.07, 6.45) is 1.95. The Balaban J connectivity index is 2.11. The third kappa shape index (κ3) is 3.22. The normalized spacial score (nSPS) is 29.6. The number of ketones is 1. The molecule has 3 rings (SSSR count). The van der Waals surface area contributed by atoms with E-state index in [0.29, 0.717) is 5.76 Å². The van der Waals surface area contributed by atoms with Crippen molar-refractivity contribution in [3.63, 3.8) is 0 Å². The Hall–Kier alpha value is -2.71. The zero-order valence-electron chi connectivity index (χ0n) is 15.0. The first-order valence-corrected chi connectivity index (χ1v) is 8.44. The summed E-state index contributed by atoms with van der Waals surface area (Å²) in [5, 5.41) is 18.7. The van der Waals surface area contributed by atoms with Gasteiger partial charge in [-0.15, -0.1) is 0 Å². The summed E-state index contributed by atoms with van der Waals surface area (Å²) in [4.78, 5) is 36.7. The van der Waals surface area contributed by atoms with Gasteiger partial charge in [-0.25, -0.2) is 9.59 Å². The molecule has 3 aliphatic rings. The number of hydrogen-bond acceptors (Lipinski definition) is 8. The second kappa shape index (κ2) is 6.79. The fraction of sp³-hybridized carbons (Fsp3) is 0.421. The molecule has 8 nitrogen and oxygen atoms in total. The quantitative estimate of drug-likeness (QED) is 0.536. The van der Waals surface area contributed by atoms with Crippen LogP contribution in [0.25, 0.3) is 0 Å². The predicted molar refractivity (Wildman–Crippen MR) is 90.8 cm³/mol. The SMILES string of the molecule is C=C(CO)C(=O)OC1CC(C)C2=CC(=O)C(C)(C=C3OC(=O)C(CO)=C31)O2. The van der Waals surface area contributed by atoms with Gasteiger partial charge in [0.05, 0.1) is 24.4 Å². The van der Waals surface area contributed by atoms with Gasteiger partial charge in [-0.1, -0.05) is 13.5 Å². The average Bonchev–Trinajstić information content (AvgIpc) is 3.09. The maximum Gasteiger partial charge on any atom is 0.342 e. The lowest BCUT2D eigenvalue weighted by Crippen LogP contribution is -2.31. The van der Waals surface area contributed by atoms with E-state index in [2.05, 4.69) is 6.58 Å². The highest BCUT2D eigenvalue weighted by Gasteiger charge is 2.46. The minimum Gasteiger partial charge on any atom is -0.479 e. The summed E-state index contributed by atoms with van der Waals surface area (Å²) in [5.74, 6) is -1.80. The number of hydrogen-bond donors (Lipinski definition) is 2. The van der Waals surface area contributed by atoms with Gasteiger partial charge in [0.15, 0.2) is 5.60 Å². The molecule has 0 aromatic rings. The van der Waals surface area contributed by atoms with Gasteiger partial charge in [-0.05, 0) is 13.3 Å². The molecule has 27 heavy (non-hydrogen) atoms. The van der Waals surface area contributed by atoms with Crippen molar-refractivity contribution < 1.29 is 38.8 Å². The summed E-state index contributed by atoms with van der Waals surface area (Å²) in [6.45, 7) is 5.56. The van der Waals surface area contributed by atoms with Crippen LogP contribution in [0.15, 0.2) is 47.0 Å². The van der Waals surface area contributed by atoms with Crippen LogP contribution in [-0.4, -0.2) is 52.9 Å². The van der Waals surface area contributed by atoms with E-state index in [4.69, 9.17) is 19.3 Å². The van der Waals surface area contributed by atoms with E-state index in [0.717, 1.165) is 0 Å². The zero-order chi connectivity index (χ0) is 19.9. The molecule has 3 aliphatic heterocycles. The Labute approximate surface area is 155 Å². The van der Waals surface area contributed by atoms with E-state index in [9.17, 15) is 19.5 Å². The lowest BCUT2D eigenvalue weighted by Gasteiger charge is -2.23. The topological polar surface area (TPSA) is 119 Å². The third-order valence-electron chi connectivity index (χ3n) is 4.80. The molecule has 0 spiro atoms. The number of aliphatic hydroxyl groups is 2. The Kier molecular flexibility index (Phi) is 4.79. The Bertz CT molecular complexity index is 831. The molecular weight excluding hydrogens is 356 g/mol. The van der Waals surface area contributed by atoms with Crippen LogP contribution in [0.4, 0.5) is 0 Å². The van der Waals surface area contributed by atoms with Gasteiger partial charge >= 0.3 is 11.9 Å². The Morgan fingerprint density at radius 3 is 2.74 bits per heavy atom. The predicted octanol–water partition coefficient (Wildman–Crippen LogP) is 0.458. The first-order valence-electron chi connectivity index (χ1n) is 8.44. The highest BCUT2D eigenvalue weighted by Crippen LogP contribution is 2.41. The highest BCUT2D eigenvalue weighted by molar-refractivity contribution is 6.02. The first-order chi connectivity index (χ1) is 12.7. The van der Waals surface area contributed by atoms with Crippen molar-refractivity contribution in [1.29, 1.82) is 0 Å². The van der Waals surface area contributed by atoms with E-state index in [1.165, 1.54) is 12.2 Å². The average molecular weight is 376 g/mol. The number of carbonyl (C=O) groups excluding carboxylic acids is 3. The summed E-state index contributed by atoms with van der Waals surface area (Å²) < 4.78 is 16.5. The van der Waals surface area contributed by atoms with Gasteiger partial charge in [0.1, 0.15) is 17.6 Å². The number of allylic oxidation sites excluding steroid dienone is 1. The second-order valence-corrected chi connectivity index (χ2v) is 6.86. The molecule has 2 N–H and O–H groups in total. The Morgan fingerprint density at radius 2 is 2.11 bits per heavy atom. The fourth-order valence-electron chi connectivity index (χ4n) is 3.21. The molecule has 3 atom stereocenters. The fourth-order valence-corrected chi connectivity index (χ4v) is 3.21. The van der Waals surface area contributed by atoms with Crippen LogP contribution in [-0.2, 0) is 28.6 Å². The van der Waals surface area contributed by atoms with Gasteiger partial charge in [0.2, 0.25) is 5.78 Å². The van der Waals surface area contributed by atoms with Crippen molar-refractivity contribution in [3.8, 4) is 0 Å². The molecule has 0 aliphatic carbocycles. The second-order valence-electron chi connectivity index (χ2n) is 6.86. The molecule has 0 aromatic heterocycles. The highest BCUT2D eigenvalue weighted by atomic mass is 16.6. The molecular formula is C19H20O8. The standard InChI is InChI=1S/C19H20O8/c1-9-4-13(25-17(23)10(2)7-20)16-11(8-21)18(24)26-14(16)6-19(3)15(22)5-12(9)27-19/h5-6,9,13,20-21H,2,4,7-8H2,1,3H3. The molecule has 3 heterocycles. The zero-order valence-corrected chi connectivity index (χ0v) is 15.0. The number of rotatable bonds is 4. The van der Waals surface area contributed by atoms with E-state index < -0.39 is 36.9 Å². The molecule has 0 fully saturated rings. The van der Waals surface area contributed by atoms with Crippen LogP contribution >= 0.6 is 0 Å². The number of aliphatic hydroxyl groups excluding tert-OH is 2. The first kappa shape index (κ1) is 19.1. The number of fused-ring (bicyclic) bond motifs is 3. The van der Waals surface area contributed by atoms with E-state index in [1.807, 2.05) is 0 Å². The van der Waals surface area contributed by atoms with Crippen molar-refractivity contribution >= 4 is 17.7 Å². The van der Waals surface area contributed by atoms with E-state index in [-0.39, 0.29) is 40.6 Å². The number of esters is 2. The smallest absolute Gasteiger partial charge is 0.342 e. The van der Waals surface area contributed by atoms with E-state index >= 15 is 0 Å². The van der Waals surface area contributed by atoms with Crippen LogP contribution in [0, 0.1) is 5.92 Å². The molecule has 8 heteroatoms. The minimum atomic E-state index is -1.36. The molecule has 0 amide bonds. The minimum absolute atomic E-state index is 0.0102. The van der Waals surface area contributed by atoms with Crippen molar-refractivity contribution in [2.24, 2.45) is 5.92 Å².